The normalized spacial score (nSPS) is 35.3. The monoisotopic (exact) mass is 758 g/mol. The summed E-state index contributed by atoms with van der Waals surface area (Å²) in [7, 11) is 0. The molecular formula is C46H66N2O7. The van der Waals surface area contributed by atoms with Gasteiger partial charge in [-0.05, 0) is 123 Å². The molecule has 2 amide bonds. The highest BCUT2D eigenvalue weighted by atomic mass is 16.5. The topological polar surface area (TPSA) is 144 Å². The Kier molecular flexibility index (Phi) is 10.6. The lowest BCUT2D eigenvalue weighted by Gasteiger charge is -2.72. The molecule has 55 heavy (non-hydrogen) atoms. The highest BCUT2D eigenvalue weighted by Gasteiger charge is 2.70. The first-order valence-electron chi connectivity index (χ1n) is 20.9. The standard InChI is InChI=1S/C46H66N2O7/c1-28(2)36-31(49)25-46(23-24-48(39(52)38(47)51)27-29-13-11-10-12-14-29)22-21-44(8)30(37(36)46)15-16-33-43(7)19-18-34(55-35(50)26-41(3,4)40(53)54)42(5,6)32(43)17-20-45(33,44)9/h10-14,28,30,32-34H,15-27H2,1-9H3,(H2,47,51)(H,53,54)/t30-,32?,33?,34+,43+,44-,45-,46-/m1/s1. The highest BCUT2D eigenvalue weighted by Crippen LogP contribution is 2.77. The highest BCUT2D eigenvalue weighted by molar-refractivity contribution is 6.34. The number of carbonyl (C=O) groups is 5. The van der Waals surface area contributed by atoms with Crippen LogP contribution in [0.5, 0.6) is 0 Å². The minimum absolute atomic E-state index is 0.0282. The molecule has 0 heterocycles. The Morgan fingerprint density at radius 1 is 0.909 bits per heavy atom. The number of Topliss-reactive ketones (excluding diaryl/α,β-unsaturated/α-hetero) is 1. The van der Waals surface area contributed by atoms with Crippen LogP contribution >= 0.6 is 0 Å². The number of carbonyl (C=O) groups excluding carboxylic acids is 4. The van der Waals surface area contributed by atoms with E-state index in [2.05, 4.69) is 48.5 Å². The van der Waals surface area contributed by atoms with Gasteiger partial charge in [-0.1, -0.05) is 84.4 Å². The fraction of sp³-hybridized carbons (Fsp3) is 0.717. The van der Waals surface area contributed by atoms with Gasteiger partial charge in [0.25, 0.3) is 0 Å². The molecule has 0 radical (unpaired) electrons. The first kappa shape index (κ1) is 41.2. The number of nitrogens with two attached hydrogens (primary N) is 1. The summed E-state index contributed by atoms with van der Waals surface area (Å²) in [6.45, 7) is 20.2. The molecular weight excluding hydrogens is 693 g/mol. The Morgan fingerprint density at radius 3 is 2.20 bits per heavy atom. The largest absolute Gasteiger partial charge is 0.481 e. The lowest BCUT2D eigenvalue weighted by molar-refractivity contribution is -0.233. The van der Waals surface area contributed by atoms with Gasteiger partial charge in [-0.3, -0.25) is 24.0 Å². The van der Waals surface area contributed by atoms with Gasteiger partial charge in [-0.2, -0.15) is 0 Å². The van der Waals surface area contributed by atoms with Gasteiger partial charge >= 0.3 is 23.8 Å². The summed E-state index contributed by atoms with van der Waals surface area (Å²) < 4.78 is 6.17. The molecule has 0 aliphatic heterocycles. The van der Waals surface area contributed by atoms with E-state index >= 15 is 0 Å². The van der Waals surface area contributed by atoms with E-state index in [4.69, 9.17) is 10.5 Å². The van der Waals surface area contributed by atoms with Crippen molar-refractivity contribution in [3.05, 3.63) is 47.0 Å². The van der Waals surface area contributed by atoms with Gasteiger partial charge in [-0.15, -0.1) is 0 Å². The average molecular weight is 759 g/mol. The molecule has 8 atom stereocenters. The molecule has 0 aromatic heterocycles. The Balaban J connectivity index is 1.28. The van der Waals surface area contributed by atoms with Crippen molar-refractivity contribution in [3.63, 3.8) is 0 Å². The minimum Gasteiger partial charge on any atom is -0.481 e. The van der Waals surface area contributed by atoms with E-state index in [9.17, 15) is 29.1 Å². The predicted octanol–water partition coefficient (Wildman–Crippen LogP) is 8.28. The van der Waals surface area contributed by atoms with Crippen molar-refractivity contribution < 1.29 is 33.8 Å². The zero-order chi connectivity index (χ0) is 40.5. The molecule has 1 aromatic rings. The summed E-state index contributed by atoms with van der Waals surface area (Å²) in [4.78, 5) is 66.0. The number of ether oxygens (including phenoxy) is 1. The van der Waals surface area contributed by atoms with Crippen LogP contribution in [0.15, 0.2) is 41.5 Å². The molecule has 9 nitrogen and oxygen atoms in total. The number of rotatable bonds is 10. The third kappa shape index (κ3) is 6.67. The number of primary amides is 1. The zero-order valence-electron chi connectivity index (χ0n) is 34.9. The van der Waals surface area contributed by atoms with Crippen molar-refractivity contribution in [3.8, 4) is 0 Å². The van der Waals surface area contributed by atoms with Crippen LogP contribution in [0.2, 0.25) is 0 Å². The van der Waals surface area contributed by atoms with E-state index in [1.54, 1.807) is 18.7 Å². The van der Waals surface area contributed by atoms with E-state index in [0.29, 0.717) is 37.8 Å². The van der Waals surface area contributed by atoms with Gasteiger partial charge < -0.3 is 20.5 Å². The second-order valence-electron chi connectivity index (χ2n) is 20.5. The summed E-state index contributed by atoms with van der Waals surface area (Å²) in [6, 6.07) is 9.67. The lowest BCUT2D eigenvalue weighted by Crippen LogP contribution is -2.65. The average Bonchev–Trinajstić information content (AvgIpc) is 3.40. The van der Waals surface area contributed by atoms with Crippen LogP contribution in [0.4, 0.5) is 0 Å². The van der Waals surface area contributed by atoms with Crippen molar-refractivity contribution in [2.24, 2.45) is 61.9 Å². The first-order chi connectivity index (χ1) is 25.5. The van der Waals surface area contributed by atoms with E-state index in [1.165, 1.54) is 5.57 Å². The number of carboxylic acids is 1. The van der Waals surface area contributed by atoms with Crippen LogP contribution in [-0.2, 0) is 35.3 Å². The van der Waals surface area contributed by atoms with Crippen molar-refractivity contribution in [1.29, 1.82) is 0 Å². The number of nitrogens with zero attached hydrogens (tertiary/aromatic N) is 1. The molecule has 0 saturated heterocycles. The molecule has 6 rings (SSSR count). The number of benzene rings is 1. The van der Waals surface area contributed by atoms with Crippen molar-refractivity contribution >= 4 is 29.5 Å². The van der Waals surface area contributed by atoms with Gasteiger partial charge in [0.05, 0.1) is 11.8 Å². The van der Waals surface area contributed by atoms with Crippen LogP contribution in [0.3, 0.4) is 0 Å². The SMILES string of the molecule is CC(C)C1=C2[C@H]3CCC4[C@@]5(C)CC[C@H](OC(=O)CC(C)(C)C(=O)O)C(C)(C)C5CC[C@@]4(C)[C@]3(C)CC[C@@]2(CCN(Cc2ccccc2)C(=O)C(N)=O)CC1=O. The maximum absolute atomic E-state index is 14.2. The Labute approximate surface area is 328 Å². The summed E-state index contributed by atoms with van der Waals surface area (Å²) in [5.74, 6) is -1.68. The van der Waals surface area contributed by atoms with E-state index in [1.807, 2.05) is 30.3 Å². The van der Waals surface area contributed by atoms with E-state index < -0.39 is 29.2 Å². The molecule has 4 saturated carbocycles. The van der Waals surface area contributed by atoms with Crippen LogP contribution in [-0.4, -0.2) is 52.2 Å². The molecule has 5 aliphatic carbocycles. The summed E-state index contributed by atoms with van der Waals surface area (Å²) in [6.07, 6.45) is 8.42. The second-order valence-corrected chi connectivity index (χ2v) is 20.5. The van der Waals surface area contributed by atoms with Crippen LogP contribution in [0, 0.1) is 56.2 Å². The maximum Gasteiger partial charge on any atom is 0.311 e. The summed E-state index contributed by atoms with van der Waals surface area (Å²) in [5, 5.41) is 9.62. The second kappa shape index (κ2) is 14.2. The van der Waals surface area contributed by atoms with Gasteiger partial charge in [0.2, 0.25) is 0 Å². The lowest BCUT2D eigenvalue weighted by atomic mass is 9.33. The van der Waals surface area contributed by atoms with Crippen LogP contribution < -0.4 is 5.73 Å². The Bertz CT molecular complexity index is 1760. The minimum atomic E-state index is -1.18. The number of ketones is 1. The molecule has 5 aliphatic rings. The van der Waals surface area contributed by atoms with Gasteiger partial charge in [-0.25, -0.2) is 0 Å². The predicted molar refractivity (Wildman–Crippen MR) is 211 cm³/mol. The smallest absolute Gasteiger partial charge is 0.311 e. The molecule has 0 bridgehead atoms. The van der Waals surface area contributed by atoms with Crippen molar-refractivity contribution in [2.45, 2.75) is 146 Å². The summed E-state index contributed by atoms with van der Waals surface area (Å²) in [5.41, 5.74) is 7.09. The number of hydrogen-bond donors (Lipinski definition) is 2. The quantitative estimate of drug-likeness (QED) is 0.181. The fourth-order valence-electron chi connectivity index (χ4n) is 13.4. The van der Waals surface area contributed by atoms with Crippen molar-refractivity contribution in [1.82, 2.24) is 4.90 Å². The van der Waals surface area contributed by atoms with Gasteiger partial charge in [0.15, 0.2) is 5.78 Å². The Hall–Kier alpha value is -3.49. The molecule has 0 spiro atoms. The number of carboxylic acid groups (broad SMARTS) is 1. The molecule has 302 valence electrons. The fourth-order valence-corrected chi connectivity index (χ4v) is 13.4. The van der Waals surface area contributed by atoms with Crippen molar-refractivity contribution in [2.75, 3.05) is 6.54 Å². The molecule has 1 aromatic carbocycles. The molecule has 9 heteroatoms. The first-order valence-corrected chi connectivity index (χ1v) is 20.9. The van der Waals surface area contributed by atoms with E-state index in [-0.39, 0.29) is 57.2 Å². The number of amides is 2. The summed E-state index contributed by atoms with van der Waals surface area (Å²) >= 11 is 0. The zero-order valence-corrected chi connectivity index (χ0v) is 34.9. The number of hydrogen-bond acceptors (Lipinski definition) is 6. The molecule has 3 N–H and O–H groups in total. The molecule has 4 fully saturated rings. The maximum atomic E-state index is 14.2. The number of fused-ring (bicyclic) bond motifs is 7. The Morgan fingerprint density at radius 2 is 1.58 bits per heavy atom. The molecule has 2 unspecified atom stereocenters. The van der Waals surface area contributed by atoms with E-state index in [0.717, 1.165) is 62.5 Å². The van der Waals surface area contributed by atoms with Crippen LogP contribution in [0.1, 0.15) is 139 Å². The third-order valence-electron chi connectivity index (χ3n) is 16.5. The number of aliphatic carboxylic acids is 1. The third-order valence-corrected chi connectivity index (χ3v) is 16.5. The number of allylic oxidation sites excluding steroid dienone is 2. The van der Waals surface area contributed by atoms with Gasteiger partial charge in [0.1, 0.15) is 6.10 Å². The number of esters is 1. The van der Waals surface area contributed by atoms with Crippen LogP contribution in [0.25, 0.3) is 0 Å². The van der Waals surface area contributed by atoms with Gasteiger partial charge in [0, 0.05) is 30.3 Å².